The second-order valence-electron chi connectivity index (χ2n) is 10.0. The normalized spacial score (nSPS) is 14.5. The first-order valence-electron chi connectivity index (χ1n) is 13.2. The van der Waals surface area contributed by atoms with Gasteiger partial charge in [0.25, 0.3) is 10.0 Å². The molecule has 1 aliphatic carbocycles. The fourth-order valence-electron chi connectivity index (χ4n) is 4.91. The van der Waals surface area contributed by atoms with Crippen LogP contribution in [0.5, 0.6) is 0 Å². The fourth-order valence-corrected chi connectivity index (χ4v) is 7.01. The molecule has 212 valence electrons. The molecule has 2 amide bonds. The van der Waals surface area contributed by atoms with Crippen molar-refractivity contribution in [2.45, 2.75) is 63.1 Å². The Morgan fingerprint density at radius 1 is 1.02 bits per heavy atom. The molecule has 0 aromatic heterocycles. The van der Waals surface area contributed by atoms with Crippen molar-refractivity contribution in [1.29, 1.82) is 0 Å². The fraction of sp³-hybridized carbons (Fsp3) is 0.333. The lowest BCUT2D eigenvalue weighted by Crippen LogP contribution is -2.52. The number of hydrogen-bond donors (Lipinski definition) is 1. The number of amides is 2. The van der Waals surface area contributed by atoms with Gasteiger partial charge in [-0.3, -0.25) is 13.9 Å². The van der Waals surface area contributed by atoms with Gasteiger partial charge in [-0.25, -0.2) is 8.42 Å². The van der Waals surface area contributed by atoms with Crippen molar-refractivity contribution in [3.05, 3.63) is 93.4 Å². The second kappa shape index (κ2) is 13.2. The van der Waals surface area contributed by atoms with Crippen molar-refractivity contribution >= 4 is 55.1 Å². The molecule has 0 heterocycles. The van der Waals surface area contributed by atoms with Gasteiger partial charge in [-0.1, -0.05) is 76.8 Å². The van der Waals surface area contributed by atoms with Gasteiger partial charge >= 0.3 is 0 Å². The Labute approximate surface area is 249 Å². The van der Waals surface area contributed by atoms with E-state index in [1.807, 2.05) is 24.3 Å². The monoisotopic (exact) mass is 645 g/mol. The van der Waals surface area contributed by atoms with Crippen molar-refractivity contribution in [2.75, 3.05) is 10.8 Å². The van der Waals surface area contributed by atoms with Crippen LogP contribution in [0.4, 0.5) is 5.69 Å². The highest BCUT2D eigenvalue weighted by atomic mass is 79.9. The van der Waals surface area contributed by atoms with E-state index in [9.17, 15) is 18.0 Å². The third-order valence-electron chi connectivity index (χ3n) is 7.23. The van der Waals surface area contributed by atoms with E-state index < -0.39 is 28.5 Å². The third kappa shape index (κ3) is 7.06. The van der Waals surface area contributed by atoms with E-state index in [4.69, 9.17) is 11.6 Å². The van der Waals surface area contributed by atoms with Gasteiger partial charge in [0, 0.05) is 22.1 Å². The molecule has 40 heavy (non-hydrogen) atoms. The van der Waals surface area contributed by atoms with Crippen LogP contribution in [-0.4, -0.2) is 43.8 Å². The van der Waals surface area contributed by atoms with Crippen LogP contribution in [0.2, 0.25) is 5.02 Å². The van der Waals surface area contributed by atoms with Gasteiger partial charge in [0.15, 0.2) is 0 Å². The average molecular weight is 647 g/mol. The Bertz CT molecular complexity index is 1460. The summed E-state index contributed by atoms with van der Waals surface area (Å²) in [5.74, 6) is -0.764. The minimum Gasteiger partial charge on any atom is -0.352 e. The second-order valence-corrected chi connectivity index (χ2v) is 13.2. The summed E-state index contributed by atoms with van der Waals surface area (Å²) < 4.78 is 29.8. The number of hydrogen-bond acceptors (Lipinski definition) is 4. The highest BCUT2D eigenvalue weighted by molar-refractivity contribution is 9.10. The van der Waals surface area contributed by atoms with Crippen LogP contribution < -0.4 is 9.62 Å². The molecule has 10 heteroatoms. The van der Waals surface area contributed by atoms with E-state index in [1.54, 1.807) is 50.2 Å². The standard InChI is InChI=1S/C30H33BrClN3O4S/c1-21-27(32)16-9-17-28(21)35(40(38,39)26-14-4-3-5-15-26)20-29(36)34(19-23-10-8-11-24(31)18-23)22(2)30(37)33-25-12-6-7-13-25/h3-5,8-11,14-18,22,25H,6-7,12-13,19-20H2,1-2H3,(H,33,37)/t22-/m0/s1. The van der Waals surface area contributed by atoms with Gasteiger partial charge in [-0.15, -0.1) is 0 Å². The molecule has 3 aromatic carbocycles. The molecule has 1 saturated carbocycles. The number of carbonyl (C=O) groups excluding carboxylic acids is 2. The minimum absolute atomic E-state index is 0.0488. The molecule has 7 nitrogen and oxygen atoms in total. The van der Waals surface area contributed by atoms with E-state index in [0.29, 0.717) is 16.3 Å². The van der Waals surface area contributed by atoms with Crippen molar-refractivity contribution in [3.63, 3.8) is 0 Å². The Morgan fingerprint density at radius 2 is 1.70 bits per heavy atom. The van der Waals surface area contributed by atoms with Crippen molar-refractivity contribution in [2.24, 2.45) is 0 Å². The average Bonchev–Trinajstić information content (AvgIpc) is 3.45. The van der Waals surface area contributed by atoms with Crippen LogP contribution in [0, 0.1) is 6.92 Å². The van der Waals surface area contributed by atoms with E-state index in [0.717, 1.165) is 40.0 Å². The number of benzene rings is 3. The van der Waals surface area contributed by atoms with Crippen LogP contribution in [-0.2, 0) is 26.2 Å². The van der Waals surface area contributed by atoms with Crippen molar-refractivity contribution in [1.82, 2.24) is 10.2 Å². The lowest BCUT2D eigenvalue weighted by atomic mass is 10.1. The van der Waals surface area contributed by atoms with Crippen molar-refractivity contribution in [3.8, 4) is 0 Å². The van der Waals surface area contributed by atoms with Crippen LogP contribution >= 0.6 is 27.5 Å². The number of sulfonamides is 1. The summed E-state index contributed by atoms with van der Waals surface area (Å²) in [6.07, 6.45) is 3.95. The zero-order chi connectivity index (χ0) is 28.9. The molecule has 4 rings (SSSR count). The van der Waals surface area contributed by atoms with Crippen LogP contribution in [0.1, 0.15) is 43.7 Å². The molecule has 1 aliphatic rings. The number of rotatable bonds is 10. The lowest BCUT2D eigenvalue weighted by Gasteiger charge is -2.33. The van der Waals surface area contributed by atoms with Gasteiger partial charge in [0.2, 0.25) is 11.8 Å². The number of nitrogens with one attached hydrogen (secondary N) is 1. The first-order valence-corrected chi connectivity index (χ1v) is 15.9. The summed E-state index contributed by atoms with van der Waals surface area (Å²) in [6, 6.07) is 19.7. The van der Waals surface area contributed by atoms with Gasteiger partial charge < -0.3 is 10.2 Å². The van der Waals surface area contributed by atoms with E-state index in [-0.39, 0.29) is 23.4 Å². The molecule has 3 aromatic rings. The quantitative estimate of drug-likeness (QED) is 0.289. The Morgan fingerprint density at radius 3 is 2.38 bits per heavy atom. The zero-order valence-corrected chi connectivity index (χ0v) is 25.7. The molecule has 0 radical (unpaired) electrons. The number of nitrogens with zero attached hydrogens (tertiary/aromatic N) is 2. The first-order chi connectivity index (χ1) is 19.1. The van der Waals surface area contributed by atoms with Gasteiger partial charge in [-0.05, 0) is 74.2 Å². The molecular weight excluding hydrogens is 614 g/mol. The number of anilines is 1. The predicted molar refractivity (Wildman–Crippen MR) is 162 cm³/mol. The molecule has 1 N–H and O–H groups in total. The topological polar surface area (TPSA) is 86.8 Å². The van der Waals surface area contributed by atoms with Crippen molar-refractivity contribution < 1.29 is 18.0 Å². The van der Waals surface area contributed by atoms with Gasteiger partial charge in [-0.2, -0.15) is 0 Å². The Balaban J connectivity index is 1.71. The molecule has 1 atom stereocenters. The van der Waals surface area contributed by atoms with Crippen LogP contribution in [0.15, 0.2) is 82.2 Å². The summed E-state index contributed by atoms with van der Waals surface area (Å²) in [5, 5.41) is 3.46. The lowest BCUT2D eigenvalue weighted by molar-refractivity contribution is -0.139. The Hall–Kier alpha value is -2.88. The number of halogens is 2. The molecule has 0 bridgehead atoms. The molecule has 1 fully saturated rings. The Kier molecular flexibility index (Phi) is 9.92. The molecule has 0 aliphatic heterocycles. The van der Waals surface area contributed by atoms with E-state index in [2.05, 4.69) is 21.2 Å². The van der Waals surface area contributed by atoms with E-state index in [1.165, 1.54) is 17.0 Å². The summed E-state index contributed by atoms with van der Waals surface area (Å²) in [4.78, 5) is 28.9. The third-order valence-corrected chi connectivity index (χ3v) is 9.91. The smallest absolute Gasteiger partial charge is 0.264 e. The highest BCUT2D eigenvalue weighted by Gasteiger charge is 2.34. The van der Waals surface area contributed by atoms with Gasteiger partial charge in [0.1, 0.15) is 12.6 Å². The van der Waals surface area contributed by atoms with E-state index >= 15 is 0 Å². The maximum absolute atomic E-state index is 14.1. The minimum atomic E-state index is -4.15. The predicted octanol–water partition coefficient (Wildman–Crippen LogP) is 6.08. The molecule has 0 saturated heterocycles. The summed E-state index contributed by atoms with van der Waals surface area (Å²) in [7, 11) is -4.15. The first kappa shape index (κ1) is 30.1. The number of carbonyl (C=O) groups is 2. The summed E-state index contributed by atoms with van der Waals surface area (Å²) in [5.41, 5.74) is 1.64. The zero-order valence-electron chi connectivity index (χ0n) is 22.5. The van der Waals surface area contributed by atoms with Gasteiger partial charge in [0.05, 0.1) is 10.6 Å². The highest BCUT2D eigenvalue weighted by Crippen LogP contribution is 2.31. The summed E-state index contributed by atoms with van der Waals surface area (Å²) >= 11 is 9.84. The largest absolute Gasteiger partial charge is 0.352 e. The molecule has 0 spiro atoms. The SMILES string of the molecule is Cc1c(Cl)cccc1N(CC(=O)N(Cc1cccc(Br)c1)[C@@H](C)C(=O)NC1CCCC1)S(=O)(=O)c1ccccc1. The maximum Gasteiger partial charge on any atom is 0.264 e. The van der Waals surface area contributed by atoms with Crippen LogP contribution in [0.3, 0.4) is 0 Å². The summed E-state index contributed by atoms with van der Waals surface area (Å²) in [6.45, 7) is 3.02. The molecular formula is C30H33BrClN3O4S. The van der Waals surface area contributed by atoms with Crippen LogP contribution in [0.25, 0.3) is 0 Å². The molecule has 0 unspecified atom stereocenters. The maximum atomic E-state index is 14.1.